The number of halogens is 1. The van der Waals surface area contributed by atoms with E-state index in [9.17, 15) is 4.79 Å². The van der Waals surface area contributed by atoms with E-state index in [1.54, 1.807) is 25.3 Å². The fourth-order valence-corrected chi connectivity index (χ4v) is 1.45. The summed E-state index contributed by atoms with van der Waals surface area (Å²) < 4.78 is 5.78. The molecule has 74 valence electrons. The number of benzene rings is 1. The van der Waals surface area contributed by atoms with Crippen molar-refractivity contribution in [3.63, 3.8) is 0 Å². The zero-order valence-electron chi connectivity index (χ0n) is 7.40. The van der Waals surface area contributed by atoms with Crippen molar-refractivity contribution in [2.75, 3.05) is 7.11 Å². The van der Waals surface area contributed by atoms with Crippen LogP contribution in [-0.2, 0) is 0 Å². The highest BCUT2D eigenvalue weighted by Gasteiger charge is 1.99. The summed E-state index contributed by atoms with van der Waals surface area (Å²) in [6, 6.07) is 5.18. The Morgan fingerprint density at radius 2 is 2.36 bits per heavy atom. The maximum Gasteiger partial charge on any atom is 0.431 e. The molecule has 1 aromatic carbocycles. The van der Waals surface area contributed by atoms with Gasteiger partial charge in [0.25, 0.3) is 0 Å². The molecule has 0 spiro atoms. The Labute approximate surface area is 89.4 Å². The molecule has 14 heavy (non-hydrogen) atoms. The first-order valence-corrected chi connectivity index (χ1v) is 4.53. The average molecular weight is 258 g/mol. The van der Waals surface area contributed by atoms with E-state index in [1.165, 1.54) is 6.21 Å². The highest BCUT2D eigenvalue weighted by Crippen LogP contribution is 2.24. The Hall–Kier alpha value is -1.36. The summed E-state index contributed by atoms with van der Waals surface area (Å²) in [6.45, 7) is 0. The van der Waals surface area contributed by atoms with Crippen LogP contribution in [0.2, 0.25) is 0 Å². The quantitative estimate of drug-likeness (QED) is 0.829. The summed E-state index contributed by atoms with van der Waals surface area (Å²) in [5.41, 5.74) is 0.695. The number of amides is 1. The maximum atomic E-state index is 10.1. The van der Waals surface area contributed by atoms with Gasteiger partial charge in [0.2, 0.25) is 0 Å². The monoisotopic (exact) mass is 257 g/mol. The van der Waals surface area contributed by atoms with Crippen LogP contribution in [0.25, 0.3) is 0 Å². The summed E-state index contributed by atoms with van der Waals surface area (Å²) in [5, 5.41) is 8.31. The third-order valence-corrected chi connectivity index (χ3v) is 2.12. The van der Waals surface area contributed by atoms with Gasteiger partial charge in [-0.15, -0.1) is 0 Å². The molecule has 0 bridgehead atoms. The molecular formula is C9H8BrNO3. The van der Waals surface area contributed by atoms with Gasteiger partial charge in [0.1, 0.15) is 5.75 Å². The summed E-state index contributed by atoms with van der Waals surface area (Å²) in [5.74, 6) is 0.692. The van der Waals surface area contributed by atoms with Gasteiger partial charge in [-0.1, -0.05) is 0 Å². The Balaban J connectivity index is 2.91. The molecule has 0 aromatic heterocycles. The van der Waals surface area contributed by atoms with E-state index >= 15 is 0 Å². The van der Waals surface area contributed by atoms with E-state index in [4.69, 9.17) is 9.84 Å². The van der Waals surface area contributed by atoms with Crippen LogP contribution in [0.5, 0.6) is 5.75 Å². The van der Waals surface area contributed by atoms with Crippen LogP contribution >= 0.6 is 15.9 Å². The minimum atomic E-state index is -1.21. The predicted molar refractivity (Wildman–Crippen MR) is 56.3 cm³/mol. The first kappa shape index (κ1) is 10.7. The third-order valence-electron chi connectivity index (χ3n) is 1.50. The molecule has 0 unspecified atom stereocenters. The molecule has 0 radical (unpaired) electrons. The van der Waals surface area contributed by atoms with Crippen LogP contribution in [-0.4, -0.2) is 24.5 Å². The van der Waals surface area contributed by atoms with Crippen LogP contribution in [0.4, 0.5) is 4.79 Å². The van der Waals surface area contributed by atoms with Gasteiger partial charge >= 0.3 is 6.09 Å². The second-order valence-electron chi connectivity index (χ2n) is 2.43. The summed E-state index contributed by atoms with van der Waals surface area (Å²) in [6.07, 6.45) is 0.0592. The summed E-state index contributed by atoms with van der Waals surface area (Å²) >= 11 is 3.28. The van der Waals surface area contributed by atoms with Crippen molar-refractivity contribution >= 4 is 28.2 Å². The molecule has 0 fully saturated rings. The SMILES string of the molecule is COc1ccc(/C=N/C(=O)O)cc1Br. The van der Waals surface area contributed by atoms with Crippen molar-refractivity contribution in [3.05, 3.63) is 28.2 Å². The highest BCUT2D eigenvalue weighted by atomic mass is 79.9. The number of carbonyl (C=O) groups is 1. The second kappa shape index (κ2) is 4.76. The van der Waals surface area contributed by atoms with Gasteiger partial charge in [-0.05, 0) is 39.7 Å². The van der Waals surface area contributed by atoms with Crippen molar-refractivity contribution in [1.29, 1.82) is 0 Å². The lowest BCUT2D eigenvalue weighted by atomic mass is 10.2. The maximum absolute atomic E-state index is 10.1. The van der Waals surface area contributed by atoms with E-state index < -0.39 is 6.09 Å². The fraction of sp³-hybridized carbons (Fsp3) is 0.111. The number of hydrogen-bond donors (Lipinski definition) is 1. The normalized spacial score (nSPS) is 10.4. The number of methoxy groups -OCH3 is 1. The van der Waals surface area contributed by atoms with Crippen LogP contribution in [0, 0.1) is 0 Å². The molecule has 5 heteroatoms. The number of hydrogen-bond acceptors (Lipinski definition) is 2. The third kappa shape index (κ3) is 2.85. The van der Waals surface area contributed by atoms with Crippen molar-refractivity contribution < 1.29 is 14.6 Å². The Kier molecular flexibility index (Phi) is 3.64. The van der Waals surface area contributed by atoms with E-state index in [1.807, 2.05) is 0 Å². The van der Waals surface area contributed by atoms with Crippen LogP contribution < -0.4 is 4.74 Å². The largest absolute Gasteiger partial charge is 0.496 e. The molecule has 4 nitrogen and oxygen atoms in total. The van der Waals surface area contributed by atoms with Gasteiger partial charge in [-0.3, -0.25) is 0 Å². The minimum absolute atomic E-state index is 0.692. The van der Waals surface area contributed by atoms with Crippen LogP contribution in [0.15, 0.2) is 27.7 Å². The summed E-state index contributed by atoms with van der Waals surface area (Å²) in [4.78, 5) is 13.4. The molecule has 1 aromatic rings. The lowest BCUT2D eigenvalue weighted by Crippen LogP contribution is -1.90. The topological polar surface area (TPSA) is 58.9 Å². The fourth-order valence-electron chi connectivity index (χ4n) is 0.893. The number of nitrogens with zero attached hydrogens (tertiary/aromatic N) is 1. The first-order chi connectivity index (χ1) is 6.63. The van der Waals surface area contributed by atoms with Gasteiger partial charge in [-0.25, -0.2) is 4.79 Å². The molecule has 0 heterocycles. The Morgan fingerprint density at radius 1 is 1.64 bits per heavy atom. The molecular weight excluding hydrogens is 250 g/mol. The zero-order valence-corrected chi connectivity index (χ0v) is 8.98. The highest BCUT2D eigenvalue weighted by molar-refractivity contribution is 9.10. The number of carboxylic acid groups (broad SMARTS) is 1. The molecule has 0 saturated heterocycles. The lowest BCUT2D eigenvalue weighted by Gasteiger charge is -2.02. The van der Waals surface area contributed by atoms with E-state index in [-0.39, 0.29) is 0 Å². The molecule has 0 atom stereocenters. The molecule has 1 amide bonds. The molecule has 1 N–H and O–H groups in total. The predicted octanol–water partition coefficient (Wildman–Crippen LogP) is 2.55. The summed E-state index contributed by atoms with van der Waals surface area (Å²) in [7, 11) is 1.56. The lowest BCUT2D eigenvalue weighted by molar-refractivity contribution is 0.206. The number of rotatable bonds is 2. The molecule has 0 aliphatic heterocycles. The van der Waals surface area contributed by atoms with Gasteiger partial charge < -0.3 is 9.84 Å². The second-order valence-corrected chi connectivity index (χ2v) is 3.29. The smallest absolute Gasteiger partial charge is 0.431 e. The standard InChI is InChI=1S/C9H8BrNO3/c1-14-8-3-2-6(4-7(8)10)5-11-9(12)13/h2-5H,1H3,(H,12,13)/b11-5+. The van der Waals surface area contributed by atoms with Crippen molar-refractivity contribution in [3.8, 4) is 5.75 Å². The van der Waals surface area contributed by atoms with Gasteiger partial charge in [0.15, 0.2) is 0 Å². The molecule has 0 aliphatic rings. The van der Waals surface area contributed by atoms with Crippen molar-refractivity contribution in [2.24, 2.45) is 4.99 Å². The average Bonchev–Trinajstić information content (AvgIpc) is 2.15. The van der Waals surface area contributed by atoms with Gasteiger partial charge in [-0.2, -0.15) is 4.99 Å². The minimum Gasteiger partial charge on any atom is -0.496 e. The number of ether oxygens (including phenoxy) is 1. The van der Waals surface area contributed by atoms with E-state index in [0.717, 1.165) is 4.47 Å². The molecule has 1 rings (SSSR count). The molecule has 0 aliphatic carbocycles. The van der Waals surface area contributed by atoms with Crippen LogP contribution in [0.3, 0.4) is 0 Å². The molecule has 0 saturated carbocycles. The van der Waals surface area contributed by atoms with E-state index in [0.29, 0.717) is 11.3 Å². The van der Waals surface area contributed by atoms with Gasteiger partial charge in [0, 0.05) is 6.21 Å². The number of aliphatic imine (C=N–C) groups is 1. The van der Waals surface area contributed by atoms with Crippen molar-refractivity contribution in [2.45, 2.75) is 0 Å². The van der Waals surface area contributed by atoms with Crippen LogP contribution in [0.1, 0.15) is 5.56 Å². The zero-order chi connectivity index (χ0) is 10.6. The Morgan fingerprint density at radius 3 is 2.86 bits per heavy atom. The van der Waals surface area contributed by atoms with Gasteiger partial charge in [0.05, 0.1) is 11.6 Å². The van der Waals surface area contributed by atoms with Crippen molar-refractivity contribution in [1.82, 2.24) is 0 Å². The Bertz CT molecular complexity index is 376. The van der Waals surface area contributed by atoms with E-state index in [2.05, 4.69) is 20.9 Å². The first-order valence-electron chi connectivity index (χ1n) is 3.74.